The van der Waals surface area contributed by atoms with Gasteiger partial charge in [0.2, 0.25) is 0 Å². The van der Waals surface area contributed by atoms with Crippen LogP contribution >= 0.6 is 0 Å². The van der Waals surface area contributed by atoms with Gasteiger partial charge in [-0.05, 0) is 104 Å². The fraction of sp³-hybridized carbons (Fsp3) is 0. The maximum atomic E-state index is 2.50. The molecule has 0 unspecified atom stereocenters. The molecule has 0 spiro atoms. The first-order chi connectivity index (χ1) is 28.3. The molecule has 1 aliphatic heterocycles. The van der Waals surface area contributed by atoms with Crippen molar-refractivity contribution < 1.29 is 0 Å². The van der Waals surface area contributed by atoms with E-state index in [0.717, 1.165) is 22.7 Å². The summed E-state index contributed by atoms with van der Waals surface area (Å²) >= 11 is 0. The van der Waals surface area contributed by atoms with E-state index in [1.54, 1.807) is 0 Å². The van der Waals surface area contributed by atoms with Gasteiger partial charge in [0.25, 0.3) is 0 Å². The minimum atomic E-state index is -2.88. The van der Waals surface area contributed by atoms with Crippen molar-refractivity contribution in [2.75, 3.05) is 9.80 Å². The molecule has 0 amide bonds. The molecule has 1 heterocycles. The summed E-state index contributed by atoms with van der Waals surface area (Å²) in [6.07, 6.45) is 0. The lowest BCUT2D eigenvalue weighted by Gasteiger charge is -2.45. The highest BCUT2D eigenvalue weighted by Gasteiger charge is 2.49. The Balaban J connectivity index is 1.17. The van der Waals surface area contributed by atoms with Crippen molar-refractivity contribution in [2.45, 2.75) is 0 Å². The maximum Gasteiger partial charge on any atom is 0.184 e. The third-order valence-corrected chi connectivity index (χ3v) is 16.2. The molecule has 0 saturated carbocycles. The average Bonchev–Trinajstić information content (AvgIpc) is 3.30. The Morgan fingerprint density at radius 1 is 0.298 bits per heavy atom. The molecule has 0 aromatic heterocycles. The van der Waals surface area contributed by atoms with Crippen LogP contribution in [0.5, 0.6) is 0 Å². The van der Waals surface area contributed by atoms with Crippen molar-refractivity contribution in [3.8, 4) is 22.3 Å². The number of fused-ring (bicyclic) bond motifs is 2. The molecule has 0 radical (unpaired) electrons. The summed E-state index contributed by atoms with van der Waals surface area (Å²) in [6.45, 7) is 0. The summed E-state index contributed by atoms with van der Waals surface area (Å²) in [5.41, 5.74) is 11.8. The van der Waals surface area contributed by atoms with Crippen LogP contribution in [0, 0.1) is 0 Å². The highest BCUT2D eigenvalue weighted by Crippen LogP contribution is 2.42. The van der Waals surface area contributed by atoms with Crippen LogP contribution in [0.25, 0.3) is 22.3 Å². The molecule has 0 bridgehead atoms. The predicted molar refractivity (Wildman–Crippen MR) is 244 cm³/mol. The van der Waals surface area contributed by atoms with Crippen molar-refractivity contribution in [3.05, 3.63) is 243 Å². The third kappa shape index (κ3) is 6.06. The zero-order valence-corrected chi connectivity index (χ0v) is 32.5. The van der Waals surface area contributed by atoms with Gasteiger partial charge in [-0.2, -0.15) is 0 Å². The van der Waals surface area contributed by atoms with E-state index in [-0.39, 0.29) is 0 Å². The van der Waals surface area contributed by atoms with Gasteiger partial charge in [-0.15, -0.1) is 0 Å². The molecular formula is C54H40N2Si. The lowest BCUT2D eigenvalue weighted by atomic mass is 10.00. The summed E-state index contributed by atoms with van der Waals surface area (Å²) in [7, 11) is -2.88. The molecule has 0 saturated heterocycles. The van der Waals surface area contributed by atoms with Crippen LogP contribution in [0.2, 0.25) is 0 Å². The van der Waals surface area contributed by atoms with E-state index in [9.17, 15) is 0 Å². The van der Waals surface area contributed by atoms with Gasteiger partial charge < -0.3 is 9.80 Å². The smallest absolute Gasteiger partial charge is 0.184 e. The van der Waals surface area contributed by atoms with Crippen LogP contribution in [0.15, 0.2) is 243 Å². The topological polar surface area (TPSA) is 6.48 Å². The number of rotatable bonds is 8. The molecule has 0 N–H and O–H groups in total. The minimum Gasteiger partial charge on any atom is -0.311 e. The molecule has 0 aliphatic carbocycles. The first kappa shape index (κ1) is 34.3. The number of nitrogens with zero attached hydrogens (tertiary/aromatic N) is 2. The summed E-state index contributed by atoms with van der Waals surface area (Å²) < 4.78 is 0. The third-order valence-electron chi connectivity index (χ3n) is 11.3. The Labute approximate surface area is 336 Å². The largest absolute Gasteiger partial charge is 0.311 e. The van der Waals surface area contributed by atoms with Crippen LogP contribution in [0.3, 0.4) is 0 Å². The van der Waals surface area contributed by atoms with Crippen LogP contribution in [0.4, 0.5) is 34.1 Å². The molecule has 0 fully saturated rings. The summed E-state index contributed by atoms with van der Waals surface area (Å²) in [5.74, 6) is 0. The number of para-hydroxylation sites is 3. The van der Waals surface area contributed by atoms with E-state index < -0.39 is 8.07 Å². The van der Waals surface area contributed by atoms with E-state index in [2.05, 4.69) is 252 Å². The predicted octanol–water partition coefficient (Wildman–Crippen LogP) is 11.7. The monoisotopic (exact) mass is 744 g/mol. The summed E-state index contributed by atoms with van der Waals surface area (Å²) in [4.78, 5) is 4.88. The first-order valence-electron chi connectivity index (χ1n) is 19.6. The summed E-state index contributed by atoms with van der Waals surface area (Å²) in [5, 5.41) is 5.47. The Morgan fingerprint density at radius 2 is 0.702 bits per heavy atom. The second-order valence-corrected chi connectivity index (χ2v) is 18.3. The molecule has 0 atom stereocenters. The molecule has 10 rings (SSSR count). The van der Waals surface area contributed by atoms with Gasteiger partial charge in [-0.3, -0.25) is 0 Å². The fourth-order valence-electron chi connectivity index (χ4n) is 8.75. The fourth-order valence-corrected chi connectivity index (χ4v) is 13.9. The van der Waals surface area contributed by atoms with Crippen molar-refractivity contribution >= 4 is 62.9 Å². The molecule has 9 aromatic rings. The van der Waals surface area contributed by atoms with Crippen molar-refractivity contribution in [1.82, 2.24) is 0 Å². The van der Waals surface area contributed by atoms with Gasteiger partial charge in [0.15, 0.2) is 8.07 Å². The Kier molecular flexibility index (Phi) is 8.90. The zero-order valence-electron chi connectivity index (χ0n) is 31.5. The standard InChI is InChI=1S/C54H40N2Si/c1-6-18-41(19-7-1)42-30-32-43(33-31-42)44-34-36-47(37-35-44)55(45-20-8-2-9-21-45)48-38-39-52-54(40-48)57(49-24-12-4-13-25-49,50-26-14-5-15-27-50)53-29-17-16-28-51(53)56(52)46-22-10-3-11-23-46/h1-40H. The van der Waals surface area contributed by atoms with E-state index in [1.807, 2.05) is 0 Å². The first-order valence-corrected chi connectivity index (χ1v) is 21.6. The summed E-state index contributed by atoms with van der Waals surface area (Å²) in [6, 6.07) is 88.8. The van der Waals surface area contributed by atoms with E-state index in [1.165, 1.54) is 54.4 Å². The SMILES string of the molecule is c1ccc(-c2ccc(-c3ccc(N(c4ccccc4)c4ccc5c(c4)[Si](c4ccccc4)(c4ccccc4)c4ccccc4N5c4ccccc4)cc3)cc2)cc1. The Morgan fingerprint density at radius 3 is 1.28 bits per heavy atom. The molecule has 2 nitrogen and oxygen atoms in total. The molecule has 3 heteroatoms. The van der Waals surface area contributed by atoms with Gasteiger partial charge in [-0.1, -0.05) is 182 Å². The highest BCUT2D eigenvalue weighted by molar-refractivity contribution is 7.21. The van der Waals surface area contributed by atoms with E-state index in [0.29, 0.717) is 0 Å². The second kappa shape index (κ2) is 14.8. The number of anilines is 6. The molecule has 9 aromatic carbocycles. The number of benzene rings is 9. The molecule has 270 valence electrons. The van der Waals surface area contributed by atoms with Crippen LogP contribution in [-0.2, 0) is 0 Å². The van der Waals surface area contributed by atoms with Gasteiger partial charge in [0.05, 0.1) is 0 Å². The normalized spacial score (nSPS) is 12.7. The van der Waals surface area contributed by atoms with Gasteiger partial charge in [0, 0.05) is 34.1 Å². The average molecular weight is 745 g/mol. The van der Waals surface area contributed by atoms with Gasteiger partial charge >= 0.3 is 0 Å². The molecular weight excluding hydrogens is 705 g/mol. The van der Waals surface area contributed by atoms with E-state index in [4.69, 9.17) is 0 Å². The minimum absolute atomic E-state index is 1.11. The van der Waals surface area contributed by atoms with Crippen molar-refractivity contribution in [2.24, 2.45) is 0 Å². The maximum absolute atomic E-state index is 2.88. The second-order valence-electron chi connectivity index (χ2n) is 14.5. The quantitative estimate of drug-likeness (QED) is 0.143. The lowest BCUT2D eigenvalue weighted by molar-refractivity contribution is 1.26. The number of hydrogen-bond donors (Lipinski definition) is 0. The zero-order chi connectivity index (χ0) is 38.0. The van der Waals surface area contributed by atoms with Crippen LogP contribution in [-0.4, -0.2) is 8.07 Å². The Bertz CT molecular complexity index is 2710. The van der Waals surface area contributed by atoms with E-state index >= 15 is 0 Å². The van der Waals surface area contributed by atoms with Crippen LogP contribution in [0.1, 0.15) is 0 Å². The molecule has 57 heavy (non-hydrogen) atoms. The van der Waals surface area contributed by atoms with Crippen LogP contribution < -0.4 is 30.5 Å². The van der Waals surface area contributed by atoms with Crippen molar-refractivity contribution in [1.29, 1.82) is 0 Å². The van der Waals surface area contributed by atoms with Gasteiger partial charge in [0.1, 0.15) is 0 Å². The Hall–Kier alpha value is -7.20. The van der Waals surface area contributed by atoms with Crippen molar-refractivity contribution in [3.63, 3.8) is 0 Å². The van der Waals surface area contributed by atoms with Gasteiger partial charge in [-0.25, -0.2) is 0 Å². The highest BCUT2D eigenvalue weighted by atomic mass is 28.3. The lowest BCUT2D eigenvalue weighted by Crippen LogP contribution is -2.77. The molecule has 1 aliphatic rings. The number of hydrogen-bond acceptors (Lipinski definition) is 2.